The molecule has 1 atom stereocenters. The molecule has 0 spiro atoms. The fourth-order valence-electron chi connectivity index (χ4n) is 2.39. The predicted octanol–water partition coefficient (Wildman–Crippen LogP) is 3.31. The third kappa shape index (κ3) is 4.03. The highest BCUT2D eigenvalue weighted by Gasteiger charge is 2.21. The van der Waals surface area contributed by atoms with E-state index in [0.29, 0.717) is 22.9 Å². The number of rotatable bonds is 3. The average molecular weight is 342 g/mol. The Bertz CT molecular complexity index is 643. The number of amides is 1. The number of carbonyl (C=O) groups excluding carboxylic acids is 1. The number of aromatic nitrogens is 1. The second kappa shape index (κ2) is 7.67. The molecule has 3 rings (SSSR count). The van der Waals surface area contributed by atoms with Crippen LogP contribution in [0.4, 0.5) is 9.52 Å². The number of anilines is 1. The van der Waals surface area contributed by atoms with Gasteiger partial charge in [0, 0.05) is 17.5 Å². The van der Waals surface area contributed by atoms with Gasteiger partial charge in [0.25, 0.3) is 0 Å². The van der Waals surface area contributed by atoms with Gasteiger partial charge in [-0.1, -0.05) is 12.1 Å². The summed E-state index contributed by atoms with van der Waals surface area (Å²) in [5, 5.41) is 8.45. The second-order valence-corrected chi connectivity index (χ2v) is 5.94. The molecule has 1 saturated heterocycles. The van der Waals surface area contributed by atoms with Crippen molar-refractivity contribution in [3.8, 4) is 11.3 Å². The molecule has 118 valence electrons. The third-order valence-electron chi connectivity index (χ3n) is 3.52. The van der Waals surface area contributed by atoms with E-state index < -0.39 is 0 Å². The van der Waals surface area contributed by atoms with Crippen molar-refractivity contribution in [2.75, 3.05) is 18.4 Å². The number of halogens is 2. The lowest BCUT2D eigenvalue weighted by Crippen LogP contribution is -2.37. The van der Waals surface area contributed by atoms with Gasteiger partial charge in [0.15, 0.2) is 5.13 Å². The molecule has 0 radical (unpaired) electrons. The summed E-state index contributed by atoms with van der Waals surface area (Å²) in [4.78, 5) is 16.5. The Morgan fingerprint density at radius 3 is 3.05 bits per heavy atom. The largest absolute Gasteiger partial charge is 0.316 e. The van der Waals surface area contributed by atoms with Crippen molar-refractivity contribution < 1.29 is 9.18 Å². The van der Waals surface area contributed by atoms with Crippen molar-refractivity contribution in [2.45, 2.75) is 12.8 Å². The predicted molar refractivity (Wildman–Crippen MR) is 89.0 cm³/mol. The number of nitrogens with one attached hydrogen (secondary N) is 2. The molecule has 1 aliphatic rings. The summed E-state index contributed by atoms with van der Waals surface area (Å²) in [6.07, 6.45) is 1.92. The first-order chi connectivity index (χ1) is 10.2. The lowest BCUT2D eigenvalue weighted by Gasteiger charge is -2.21. The van der Waals surface area contributed by atoms with Crippen molar-refractivity contribution in [2.24, 2.45) is 5.92 Å². The monoisotopic (exact) mass is 341 g/mol. The lowest BCUT2D eigenvalue weighted by molar-refractivity contribution is -0.120. The summed E-state index contributed by atoms with van der Waals surface area (Å²) in [6, 6.07) is 6.28. The Hall–Kier alpha value is -1.50. The number of nitrogens with zero attached hydrogens (tertiary/aromatic N) is 1. The number of piperidine rings is 1. The fourth-order valence-corrected chi connectivity index (χ4v) is 3.12. The molecule has 4 nitrogen and oxygen atoms in total. The summed E-state index contributed by atoms with van der Waals surface area (Å²) in [5.74, 6) is -0.290. The Kier molecular flexibility index (Phi) is 5.88. The van der Waals surface area contributed by atoms with Crippen LogP contribution in [0, 0.1) is 11.7 Å². The molecule has 1 aromatic heterocycles. The summed E-state index contributed by atoms with van der Waals surface area (Å²) < 4.78 is 13.2. The maximum absolute atomic E-state index is 13.2. The minimum Gasteiger partial charge on any atom is -0.316 e. The molecule has 1 unspecified atom stereocenters. The van der Waals surface area contributed by atoms with E-state index in [2.05, 4.69) is 15.6 Å². The molecule has 2 aromatic rings. The van der Waals surface area contributed by atoms with Crippen LogP contribution in [0.5, 0.6) is 0 Å². The van der Waals surface area contributed by atoms with Gasteiger partial charge in [-0.2, -0.15) is 0 Å². The molecule has 1 aliphatic heterocycles. The van der Waals surface area contributed by atoms with E-state index in [9.17, 15) is 9.18 Å². The van der Waals surface area contributed by atoms with Crippen molar-refractivity contribution >= 4 is 34.8 Å². The van der Waals surface area contributed by atoms with Crippen LogP contribution in [0.25, 0.3) is 11.3 Å². The van der Waals surface area contributed by atoms with E-state index >= 15 is 0 Å². The van der Waals surface area contributed by atoms with Crippen molar-refractivity contribution in [3.05, 3.63) is 35.5 Å². The number of carbonyl (C=O) groups is 1. The molecule has 2 heterocycles. The quantitative estimate of drug-likeness (QED) is 0.900. The van der Waals surface area contributed by atoms with Gasteiger partial charge in [-0.25, -0.2) is 9.37 Å². The third-order valence-corrected chi connectivity index (χ3v) is 4.28. The molecule has 1 aromatic carbocycles. The highest BCUT2D eigenvalue weighted by atomic mass is 35.5. The maximum atomic E-state index is 13.2. The van der Waals surface area contributed by atoms with Crippen LogP contribution in [-0.4, -0.2) is 24.0 Å². The van der Waals surface area contributed by atoms with Crippen LogP contribution in [0.15, 0.2) is 29.6 Å². The second-order valence-electron chi connectivity index (χ2n) is 5.08. The van der Waals surface area contributed by atoms with Gasteiger partial charge in [-0.3, -0.25) is 4.79 Å². The SMILES string of the molecule is Cl.O=C(Nc1nc(-c2cccc(F)c2)cs1)C1CCCNC1. The fraction of sp³-hybridized carbons (Fsp3) is 0.333. The van der Waals surface area contributed by atoms with E-state index in [1.165, 1.54) is 23.5 Å². The summed E-state index contributed by atoms with van der Waals surface area (Å²) in [7, 11) is 0. The summed E-state index contributed by atoms with van der Waals surface area (Å²) in [5.41, 5.74) is 1.39. The standard InChI is InChI=1S/C15H16FN3OS.ClH/c16-12-5-1-3-10(7-12)13-9-21-15(18-13)19-14(20)11-4-2-6-17-8-11;/h1,3,5,7,9,11,17H,2,4,6,8H2,(H,18,19,20);1H. The highest BCUT2D eigenvalue weighted by Crippen LogP contribution is 2.26. The maximum Gasteiger partial charge on any atom is 0.230 e. The molecular weight excluding hydrogens is 325 g/mol. The molecule has 22 heavy (non-hydrogen) atoms. The zero-order valence-electron chi connectivity index (χ0n) is 11.8. The molecule has 2 N–H and O–H groups in total. The van der Waals surface area contributed by atoms with Crippen LogP contribution >= 0.6 is 23.7 Å². The first-order valence-corrected chi connectivity index (χ1v) is 7.83. The van der Waals surface area contributed by atoms with Gasteiger partial charge in [-0.15, -0.1) is 23.7 Å². The van der Waals surface area contributed by atoms with Gasteiger partial charge in [-0.05, 0) is 31.5 Å². The van der Waals surface area contributed by atoms with Crippen LogP contribution in [-0.2, 0) is 4.79 Å². The molecule has 1 fully saturated rings. The molecule has 0 aliphatic carbocycles. The average Bonchev–Trinajstić information content (AvgIpc) is 2.97. The molecule has 1 amide bonds. The van der Waals surface area contributed by atoms with Gasteiger partial charge in [0.1, 0.15) is 5.82 Å². The van der Waals surface area contributed by atoms with Crippen molar-refractivity contribution in [3.63, 3.8) is 0 Å². The first kappa shape index (κ1) is 16.9. The summed E-state index contributed by atoms with van der Waals surface area (Å²) >= 11 is 1.36. The van der Waals surface area contributed by atoms with E-state index in [1.807, 2.05) is 5.38 Å². The first-order valence-electron chi connectivity index (χ1n) is 6.95. The Morgan fingerprint density at radius 1 is 1.45 bits per heavy atom. The van der Waals surface area contributed by atoms with Crippen molar-refractivity contribution in [1.29, 1.82) is 0 Å². The Labute approximate surface area is 138 Å². The zero-order chi connectivity index (χ0) is 14.7. The Balaban J connectivity index is 0.00000176. The normalized spacial score (nSPS) is 17.6. The minimum atomic E-state index is -0.292. The lowest BCUT2D eigenvalue weighted by atomic mass is 9.99. The number of thiazole rings is 1. The van der Waals surface area contributed by atoms with Crippen LogP contribution in [0.3, 0.4) is 0 Å². The van der Waals surface area contributed by atoms with Crippen LogP contribution in [0.2, 0.25) is 0 Å². The van der Waals surface area contributed by atoms with E-state index in [4.69, 9.17) is 0 Å². The van der Waals surface area contributed by atoms with Crippen molar-refractivity contribution in [1.82, 2.24) is 10.3 Å². The van der Waals surface area contributed by atoms with Crippen LogP contribution in [0.1, 0.15) is 12.8 Å². The van der Waals surface area contributed by atoms with E-state index in [1.54, 1.807) is 12.1 Å². The van der Waals surface area contributed by atoms with Gasteiger partial charge in [0.05, 0.1) is 11.6 Å². The highest BCUT2D eigenvalue weighted by molar-refractivity contribution is 7.14. The molecule has 7 heteroatoms. The van der Waals surface area contributed by atoms with Gasteiger partial charge < -0.3 is 10.6 Å². The minimum absolute atomic E-state index is 0. The Morgan fingerprint density at radius 2 is 2.32 bits per heavy atom. The topological polar surface area (TPSA) is 54.0 Å². The molecule has 0 saturated carbocycles. The number of benzene rings is 1. The number of hydrogen-bond acceptors (Lipinski definition) is 4. The van der Waals surface area contributed by atoms with E-state index in [-0.39, 0.29) is 30.0 Å². The smallest absolute Gasteiger partial charge is 0.230 e. The summed E-state index contributed by atoms with van der Waals surface area (Å²) in [6.45, 7) is 1.69. The molecule has 0 bridgehead atoms. The van der Waals surface area contributed by atoms with Gasteiger partial charge in [0.2, 0.25) is 5.91 Å². The zero-order valence-corrected chi connectivity index (χ0v) is 13.5. The molecular formula is C15H17ClFN3OS. The number of hydrogen-bond donors (Lipinski definition) is 2. The van der Waals surface area contributed by atoms with E-state index in [0.717, 1.165) is 19.4 Å². The van der Waals surface area contributed by atoms with Crippen LogP contribution < -0.4 is 10.6 Å². The van der Waals surface area contributed by atoms with Gasteiger partial charge >= 0.3 is 0 Å².